The molecule has 2 aliphatic rings. The predicted octanol–water partition coefficient (Wildman–Crippen LogP) is 5.91. The molecule has 3 aromatic rings. The highest BCUT2D eigenvalue weighted by molar-refractivity contribution is 6.23. The summed E-state index contributed by atoms with van der Waals surface area (Å²) in [6.07, 6.45) is -5.17. The summed E-state index contributed by atoms with van der Waals surface area (Å²) < 4.78 is 68.2. The average Bonchev–Trinajstić information content (AvgIpc) is 3.41. The number of hydrogen-bond donors (Lipinski definition) is 2. The van der Waals surface area contributed by atoms with Crippen LogP contribution in [0.15, 0.2) is 60.7 Å². The number of imide groups is 1. The third-order valence-electron chi connectivity index (χ3n) is 7.67. The van der Waals surface area contributed by atoms with E-state index in [-0.39, 0.29) is 31.1 Å². The molecule has 0 saturated carbocycles. The lowest BCUT2D eigenvalue weighted by Crippen LogP contribution is -2.43. The largest absolute Gasteiger partial charge is 0.481 e. The number of alkyl halides is 3. The SMILES string of the molecule is CC1(C)C(=O)N(c2ccc(F)c(C(F)(F)F)c2)C(=O)N1Cc1ccc(F)cc1Nc1ccc(N2CC(C(=O)O)CC2=O)cc1. The van der Waals surface area contributed by atoms with Gasteiger partial charge in [0.05, 0.1) is 23.7 Å². The van der Waals surface area contributed by atoms with Crippen molar-refractivity contribution in [2.75, 3.05) is 21.7 Å². The molecule has 0 spiro atoms. The van der Waals surface area contributed by atoms with Gasteiger partial charge in [-0.05, 0) is 74.0 Å². The van der Waals surface area contributed by atoms with E-state index < -0.39 is 58.4 Å². The van der Waals surface area contributed by atoms with Crippen LogP contribution in [0.5, 0.6) is 0 Å². The van der Waals surface area contributed by atoms with Gasteiger partial charge in [-0.1, -0.05) is 6.07 Å². The Morgan fingerprint density at radius 1 is 0.977 bits per heavy atom. The number of amides is 4. The number of benzene rings is 3. The van der Waals surface area contributed by atoms with E-state index in [1.54, 1.807) is 24.3 Å². The summed E-state index contributed by atoms with van der Waals surface area (Å²) in [6, 6.07) is 10.9. The molecule has 2 aliphatic heterocycles. The van der Waals surface area contributed by atoms with Crippen LogP contribution in [-0.4, -0.2) is 45.9 Å². The van der Waals surface area contributed by atoms with Gasteiger partial charge >= 0.3 is 18.2 Å². The molecule has 230 valence electrons. The number of urea groups is 1. The summed E-state index contributed by atoms with van der Waals surface area (Å²) in [5.74, 6) is -5.22. The van der Waals surface area contributed by atoms with E-state index in [1.807, 2.05) is 0 Å². The molecule has 2 heterocycles. The molecule has 4 amide bonds. The second kappa shape index (κ2) is 10.9. The van der Waals surface area contributed by atoms with Gasteiger partial charge in [0.25, 0.3) is 5.91 Å². The van der Waals surface area contributed by atoms with Crippen LogP contribution < -0.4 is 15.1 Å². The van der Waals surface area contributed by atoms with E-state index in [0.717, 1.165) is 23.1 Å². The van der Waals surface area contributed by atoms with E-state index >= 15 is 0 Å². The Morgan fingerprint density at radius 3 is 2.25 bits per heavy atom. The molecule has 14 heteroatoms. The number of carboxylic acid groups (broad SMARTS) is 1. The van der Waals surface area contributed by atoms with Crippen molar-refractivity contribution in [3.05, 3.63) is 83.4 Å². The lowest BCUT2D eigenvalue weighted by molar-refractivity contribution is -0.142. The minimum absolute atomic E-state index is 0.0276. The van der Waals surface area contributed by atoms with Crippen molar-refractivity contribution in [1.29, 1.82) is 0 Å². The van der Waals surface area contributed by atoms with Crippen molar-refractivity contribution >= 4 is 46.6 Å². The number of anilines is 4. The Bertz CT molecular complexity index is 1680. The second-order valence-electron chi connectivity index (χ2n) is 10.9. The molecule has 1 unspecified atom stereocenters. The zero-order valence-corrected chi connectivity index (χ0v) is 23.3. The molecule has 5 rings (SSSR count). The smallest absolute Gasteiger partial charge is 0.419 e. The number of nitrogens with zero attached hydrogens (tertiary/aromatic N) is 3. The Balaban J connectivity index is 1.39. The Kier molecular flexibility index (Phi) is 7.56. The number of carbonyl (C=O) groups is 4. The van der Waals surface area contributed by atoms with Gasteiger partial charge < -0.3 is 20.2 Å². The standard InChI is InChI=1S/C30H25F5N4O5/c1-29(2)27(43)39(21-9-10-23(32)22(13-21)30(33,34)35)28(44)38(29)15-16-3-4-18(31)12-24(16)36-19-5-7-20(8-6-19)37-14-17(26(41)42)11-25(37)40/h3-10,12-13,17,36H,11,14-15H2,1-2H3,(H,41,42). The number of hydrogen-bond acceptors (Lipinski definition) is 5. The molecule has 2 N–H and O–H groups in total. The van der Waals surface area contributed by atoms with E-state index in [4.69, 9.17) is 0 Å². The molecule has 1 atom stereocenters. The highest BCUT2D eigenvalue weighted by Gasteiger charge is 2.52. The third kappa shape index (κ3) is 5.54. The van der Waals surface area contributed by atoms with Crippen molar-refractivity contribution in [2.24, 2.45) is 5.92 Å². The second-order valence-corrected chi connectivity index (χ2v) is 10.9. The van der Waals surface area contributed by atoms with Crippen LogP contribution in [0.25, 0.3) is 0 Å². The number of carbonyl (C=O) groups excluding carboxylic acids is 3. The molecule has 2 fully saturated rings. The van der Waals surface area contributed by atoms with Crippen LogP contribution in [0.4, 0.5) is 49.5 Å². The molecule has 2 saturated heterocycles. The van der Waals surface area contributed by atoms with Gasteiger partial charge in [-0.15, -0.1) is 0 Å². The summed E-state index contributed by atoms with van der Waals surface area (Å²) in [5, 5.41) is 12.2. The molecule has 0 radical (unpaired) electrons. The van der Waals surface area contributed by atoms with Gasteiger partial charge in [-0.3, -0.25) is 14.4 Å². The Morgan fingerprint density at radius 2 is 1.64 bits per heavy atom. The summed E-state index contributed by atoms with van der Waals surface area (Å²) in [4.78, 5) is 53.3. The van der Waals surface area contributed by atoms with Gasteiger partial charge in [0.1, 0.15) is 17.2 Å². The first-order chi connectivity index (χ1) is 20.6. The highest BCUT2D eigenvalue weighted by Crippen LogP contribution is 2.39. The molecular weight excluding hydrogens is 591 g/mol. The first-order valence-electron chi connectivity index (χ1n) is 13.3. The molecule has 0 bridgehead atoms. The molecule has 3 aromatic carbocycles. The topological polar surface area (TPSA) is 110 Å². The van der Waals surface area contributed by atoms with Crippen LogP contribution >= 0.6 is 0 Å². The summed E-state index contributed by atoms with van der Waals surface area (Å²) in [5.41, 5.74) is -2.10. The third-order valence-corrected chi connectivity index (χ3v) is 7.67. The quantitative estimate of drug-likeness (QED) is 0.252. The fraction of sp³-hybridized carbons (Fsp3) is 0.267. The number of rotatable bonds is 7. The van der Waals surface area contributed by atoms with E-state index in [1.165, 1.54) is 24.8 Å². The van der Waals surface area contributed by atoms with E-state index in [9.17, 15) is 46.2 Å². The highest BCUT2D eigenvalue weighted by atomic mass is 19.4. The van der Waals surface area contributed by atoms with Crippen molar-refractivity contribution in [1.82, 2.24) is 4.90 Å². The molecule has 44 heavy (non-hydrogen) atoms. The predicted molar refractivity (Wildman–Crippen MR) is 148 cm³/mol. The number of nitrogens with one attached hydrogen (secondary N) is 1. The van der Waals surface area contributed by atoms with Crippen LogP contribution in [0.3, 0.4) is 0 Å². The van der Waals surface area contributed by atoms with Gasteiger partial charge in [0.15, 0.2) is 0 Å². The van der Waals surface area contributed by atoms with Crippen LogP contribution in [0.1, 0.15) is 31.4 Å². The number of aliphatic carboxylic acids is 1. The number of halogens is 5. The zero-order valence-electron chi connectivity index (χ0n) is 23.3. The van der Waals surface area contributed by atoms with Crippen LogP contribution in [0, 0.1) is 17.6 Å². The lowest BCUT2D eigenvalue weighted by Gasteiger charge is -2.28. The molecule has 9 nitrogen and oxygen atoms in total. The Labute approximate surface area is 247 Å². The molecule has 0 aliphatic carbocycles. The monoisotopic (exact) mass is 616 g/mol. The summed E-state index contributed by atoms with van der Waals surface area (Å²) in [6.45, 7) is 2.59. The lowest BCUT2D eigenvalue weighted by atomic mass is 10.0. The van der Waals surface area contributed by atoms with Gasteiger partial charge in [0.2, 0.25) is 5.91 Å². The summed E-state index contributed by atoms with van der Waals surface area (Å²) >= 11 is 0. The fourth-order valence-electron chi connectivity index (χ4n) is 5.17. The number of carboxylic acids is 1. The maximum absolute atomic E-state index is 14.3. The van der Waals surface area contributed by atoms with Crippen molar-refractivity contribution in [3.8, 4) is 0 Å². The maximum atomic E-state index is 14.3. The zero-order chi connectivity index (χ0) is 32.1. The van der Waals surface area contributed by atoms with Gasteiger partial charge in [-0.25, -0.2) is 18.5 Å². The average molecular weight is 617 g/mol. The normalized spacial score (nSPS) is 18.4. The van der Waals surface area contributed by atoms with E-state index in [0.29, 0.717) is 34.0 Å². The van der Waals surface area contributed by atoms with Crippen LogP contribution in [-0.2, 0) is 27.1 Å². The molecular formula is C30H25F5N4O5. The minimum atomic E-state index is -5.06. The van der Waals surface area contributed by atoms with Crippen molar-refractivity contribution < 1.29 is 46.2 Å². The molecule has 0 aromatic heterocycles. The minimum Gasteiger partial charge on any atom is -0.481 e. The van der Waals surface area contributed by atoms with Crippen LogP contribution in [0.2, 0.25) is 0 Å². The Hall–Kier alpha value is -5.01. The van der Waals surface area contributed by atoms with Gasteiger partial charge in [0, 0.05) is 30.0 Å². The first kappa shape index (κ1) is 30.4. The maximum Gasteiger partial charge on any atom is 0.419 e. The van der Waals surface area contributed by atoms with Gasteiger partial charge in [-0.2, -0.15) is 13.2 Å². The van der Waals surface area contributed by atoms with E-state index in [2.05, 4.69) is 5.32 Å². The van der Waals surface area contributed by atoms with Crippen molar-refractivity contribution in [3.63, 3.8) is 0 Å². The fourth-order valence-corrected chi connectivity index (χ4v) is 5.17. The van der Waals surface area contributed by atoms with Crippen molar-refractivity contribution in [2.45, 2.75) is 38.5 Å². The first-order valence-corrected chi connectivity index (χ1v) is 13.3. The summed E-state index contributed by atoms with van der Waals surface area (Å²) in [7, 11) is 0.